The van der Waals surface area contributed by atoms with E-state index >= 15 is 0 Å². The molecule has 2 aliphatic rings. The number of carbonyl (C=O) groups is 1. The first-order valence-corrected chi connectivity index (χ1v) is 12.9. The molecule has 0 bridgehead atoms. The zero-order valence-corrected chi connectivity index (χ0v) is 20.9. The summed E-state index contributed by atoms with van der Waals surface area (Å²) in [5.41, 5.74) is 1.94. The molecule has 4 aromatic rings. The minimum absolute atomic E-state index is 0.0234. The molecule has 13 heteroatoms. The zero-order valence-electron chi connectivity index (χ0n) is 19.2. The number of ether oxygens (including phenoxy) is 2. The summed E-state index contributed by atoms with van der Waals surface area (Å²) in [4.78, 5) is 42.5. The maximum atomic E-state index is 13.4. The number of benzene rings is 2. The van der Waals surface area contributed by atoms with E-state index in [2.05, 4.69) is 15.4 Å². The van der Waals surface area contributed by atoms with Gasteiger partial charge in [-0.25, -0.2) is 4.98 Å². The van der Waals surface area contributed by atoms with Crippen LogP contribution in [0.3, 0.4) is 0 Å². The highest BCUT2D eigenvalue weighted by atomic mass is 32.2. The van der Waals surface area contributed by atoms with Crippen LogP contribution in [-0.4, -0.2) is 45.2 Å². The van der Waals surface area contributed by atoms with E-state index in [-0.39, 0.29) is 17.2 Å². The summed E-state index contributed by atoms with van der Waals surface area (Å²) in [5.74, 6) is 1.26. The van der Waals surface area contributed by atoms with E-state index in [4.69, 9.17) is 9.47 Å². The molecule has 4 heterocycles. The van der Waals surface area contributed by atoms with Crippen LogP contribution in [0.25, 0.3) is 10.2 Å². The molecule has 0 atom stereocenters. The number of hydrogen-bond donors (Lipinski definition) is 1. The predicted molar refractivity (Wildman–Crippen MR) is 140 cm³/mol. The molecule has 2 aliphatic heterocycles. The smallest absolute Gasteiger partial charge is 0.283 e. The molecule has 0 saturated heterocycles. The Balaban J connectivity index is 1.33. The second kappa shape index (κ2) is 9.01. The van der Waals surface area contributed by atoms with Gasteiger partial charge < -0.3 is 14.8 Å². The van der Waals surface area contributed by atoms with Gasteiger partial charge in [0.05, 0.1) is 20.9 Å². The average molecular weight is 536 g/mol. The van der Waals surface area contributed by atoms with Crippen LogP contribution in [0.4, 0.5) is 11.4 Å². The number of anilines is 1. The summed E-state index contributed by atoms with van der Waals surface area (Å²) in [5, 5.41) is 19.0. The molecule has 0 spiro atoms. The monoisotopic (exact) mass is 535 g/mol. The van der Waals surface area contributed by atoms with E-state index in [1.807, 2.05) is 0 Å². The van der Waals surface area contributed by atoms with Crippen molar-refractivity contribution in [1.82, 2.24) is 9.66 Å². The van der Waals surface area contributed by atoms with Crippen molar-refractivity contribution in [3.05, 3.63) is 78.9 Å². The number of nitro benzene ring substituents is 1. The van der Waals surface area contributed by atoms with E-state index < -0.39 is 4.92 Å². The van der Waals surface area contributed by atoms with Crippen LogP contribution in [-0.2, 0) is 0 Å². The lowest BCUT2D eigenvalue weighted by Crippen LogP contribution is -2.25. The third kappa shape index (κ3) is 4.11. The van der Waals surface area contributed by atoms with E-state index in [9.17, 15) is 19.7 Å². The number of thioether (sulfide) groups is 1. The number of rotatable bonds is 4. The lowest BCUT2D eigenvalue weighted by molar-refractivity contribution is -0.384. The molecule has 1 amide bonds. The number of non-ortho nitro benzene ring substituents is 1. The van der Waals surface area contributed by atoms with Crippen molar-refractivity contribution in [3.8, 4) is 11.5 Å². The molecule has 0 unspecified atom stereocenters. The van der Waals surface area contributed by atoms with Gasteiger partial charge in [-0.15, -0.1) is 11.3 Å². The van der Waals surface area contributed by atoms with E-state index in [0.717, 1.165) is 11.3 Å². The van der Waals surface area contributed by atoms with Gasteiger partial charge in [-0.05, 0) is 42.3 Å². The van der Waals surface area contributed by atoms with Gasteiger partial charge in [-0.3, -0.25) is 19.7 Å². The van der Waals surface area contributed by atoms with Crippen LogP contribution >= 0.6 is 23.1 Å². The first kappa shape index (κ1) is 23.2. The van der Waals surface area contributed by atoms with Gasteiger partial charge in [-0.2, -0.15) is 9.78 Å². The van der Waals surface area contributed by atoms with Crippen LogP contribution in [0.2, 0.25) is 0 Å². The van der Waals surface area contributed by atoms with Crippen molar-refractivity contribution in [3.63, 3.8) is 0 Å². The number of nitrogens with one attached hydrogen (secondary N) is 1. The predicted octanol–water partition coefficient (Wildman–Crippen LogP) is 4.06. The van der Waals surface area contributed by atoms with Gasteiger partial charge in [0.1, 0.15) is 18.0 Å². The van der Waals surface area contributed by atoms with Crippen molar-refractivity contribution in [2.24, 2.45) is 5.10 Å². The minimum atomic E-state index is -0.470. The number of aryl methyl sites for hydroxylation is 1. The highest BCUT2D eigenvalue weighted by molar-refractivity contribution is 7.99. The van der Waals surface area contributed by atoms with E-state index in [0.29, 0.717) is 73.2 Å². The normalized spacial score (nSPS) is 14.1. The SMILES string of the molecule is Cc1c(C(=O)Nc2ccc3c(c2)OCCO3)sc2nc3n(c(=O)c12)N=C(c1ccc([N+](=O)[O-])cc1)CS3. The summed E-state index contributed by atoms with van der Waals surface area (Å²) in [6.07, 6.45) is 0. The number of nitrogens with zero attached hydrogens (tertiary/aromatic N) is 4. The maximum Gasteiger partial charge on any atom is 0.283 e. The number of carbonyl (C=O) groups excluding carboxylic acids is 1. The molecule has 1 N–H and O–H groups in total. The van der Waals surface area contributed by atoms with E-state index in [1.165, 1.54) is 28.6 Å². The fourth-order valence-corrected chi connectivity index (χ4v) is 6.08. The molecular weight excluding hydrogens is 518 g/mol. The highest BCUT2D eigenvalue weighted by Crippen LogP contribution is 2.34. The summed E-state index contributed by atoms with van der Waals surface area (Å²) in [7, 11) is 0. The Labute approximate surface area is 216 Å². The summed E-state index contributed by atoms with van der Waals surface area (Å²) < 4.78 is 12.3. The number of aromatic nitrogens is 2. The van der Waals surface area contributed by atoms with Gasteiger partial charge in [0, 0.05) is 29.6 Å². The Morgan fingerprint density at radius 1 is 1.14 bits per heavy atom. The minimum Gasteiger partial charge on any atom is -0.486 e. The number of fused-ring (bicyclic) bond motifs is 3. The fourth-order valence-electron chi connectivity index (χ4n) is 4.06. The maximum absolute atomic E-state index is 13.4. The Kier molecular flexibility index (Phi) is 5.65. The average Bonchev–Trinajstić information content (AvgIpc) is 3.25. The molecular formula is C24H17N5O6S2. The number of amides is 1. The molecule has 0 aliphatic carbocycles. The lowest BCUT2D eigenvalue weighted by atomic mass is 10.1. The van der Waals surface area contributed by atoms with Gasteiger partial charge in [0.2, 0.25) is 0 Å². The second-order valence-electron chi connectivity index (χ2n) is 8.20. The lowest BCUT2D eigenvalue weighted by Gasteiger charge is -2.18. The van der Waals surface area contributed by atoms with Crippen LogP contribution in [0.5, 0.6) is 11.5 Å². The summed E-state index contributed by atoms with van der Waals surface area (Å²) in [6.45, 7) is 2.63. The van der Waals surface area contributed by atoms with Crippen LogP contribution in [0.15, 0.2) is 57.5 Å². The Morgan fingerprint density at radius 3 is 2.65 bits per heavy atom. The first-order valence-electron chi connectivity index (χ1n) is 11.1. The second-order valence-corrected chi connectivity index (χ2v) is 10.1. The van der Waals surface area contributed by atoms with Crippen LogP contribution in [0.1, 0.15) is 20.8 Å². The highest BCUT2D eigenvalue weighted by Gasteiger charge is 2.25. The molecule has 2 aromatic heterocycles. The Bertz CT molecular complexity index is 1690. The van der Waals surface area contributed by atoms with Crippen molar-refractivity contribution in [2.75, 3.05) is 24.3 Å². The molecule has 37 heavy (non-hydrogen) atoms. The van der Waals surface area contributed by atoms with Crippen molar-refractivity contribution < 1.29 is 19.2 Å². The van der Waals surface area contributed by atoms with Crippen molar-refractivity contribution in [2.45, 2.75) is 12.1 Å². The molecule has 0 fully saturated rings. The van der Waals surface area contributed by atoms with Crippen LogP contribution in [0, 0.1) is 17.0 Å². The molecule has 6 rings (SSSR count). The third-order valence-corrected chi connectivity index (χ3v) is 8.01. The molecule has 11 nitrogen and oxygen atoms in total. The third-order valence-electron chi connectivity index (χ3n) is 5.89. The summed E-state index contributed by atoms with van der Waals surface area (Å²) in [6, 6.07) is 11.2. The molecule has 0 saturated carbocycles. The Morgan fingerprint density at radius 2 is 1.89 bits per heavy atom. The van der Waals surface area contributed by atoms with Gasteiger partial charge in [0.25, 0.3) is 17.2 Å². The van der Waals surface area contributed by atoms with E-state index in [1.54, 1.807) is 37.3 Å². The number of thiophene rings is 1. The van der Waals surface area contributed by atoms with Gasteiger partial charge in [0.15, 0.2) is 16.7 Å². The summed E-state index contributed by atoms with van der Waals surface area (Å²) >= 11 is 2.49. The molecule has 186 valence electrons. The standard InChI is InChI=1S/C24H17N5O6S2/c1-12-19-22(37-20(12)21(30)25-14-4-7-17-18(10-14)35-9-8-34-17)26-24-28(23(19)31)27-16(11-36-24)13-2-5-15(6-3-13)29(32)33/h2-7,10H,8-9,11H2,1H3,(H,25,30). The molecule has 0 radical (unpaired) electrons. The van der Waals surface area contributed by atoms with Gasteiger partial charge >= 0.3 is 0 Å². The topological polar surface area (TPSA) is 138 Å². The van der Waals surface area contributed by atoms with Crippen molar-refractivity contribution in [1.29, 1.82) is 0 Å². The number of nitro groups is 1. The number of hydrogen-bond acceptors (Lipinski definition) is 10. The zero-order chi connectivity index (χ0) is 25.7. The van der Waals surface area contributed by atoms with Crippen LogP contribution < -0.4 is 20.3 Å². The quantitative estimate of drug-likeness (QED) is 0.235. The molecule has 2 aromatic carbocycles. The van der Waals surface area contributed by atoms with Crippen molar-refractivity contribution >= 4 is 56.3 Å². The van der Waals surface area contributed by atoms with Gasteiger partial charge in [-0.1, -0.05) is 11.8 Å². The first-order chi connectivity index (χ1) is 17.9. The largest absolute Gasteiger partial charge is 0.486 e. The Hall–Kier alpha value is -4.23. The fraction of sp³-hybridized carbons (Fsp3) is 0.167.